The predicted molar refractivity (Wildman–Crippen MR) is 84.0 cm³/mol. The van der Waals surface area contributed by atoms with Gasteiger partial charge in [0.1, 0.15) is 5.82 Å². The van der Waals surface area contributed by atoms with Gasteiger partial charge in [0.25, 0.3) is 0 Å². The van der Waals surface area contributed by atoms with Crippen LogP contribution in [-0.2, 0) is 6.54 Å². The summed E-state index contributed by atoms with van der Waals surface area (Å²) in [5.41, 5.74) is 2.18. The van der Waals surface area contributed by atoms with Crippen molar-refractivity contribution < 1.29 is 5.11 Å². The van der Waals surface area contributed by atoms with Crippen molar-refractivity contribution in [2.24, 2.45) is 0 Å². The highest BCUT2D eigenvalue weighted by Gasteiger charge is 2.10. The predicted octanol–water partition coefficient (Wildman–Crippen LogP) is 1.94. The summed E-state index contributed by atoms with van der Waals surface area (Å²) in [6.45, 7) is 5.88. The van der Waals surface area contributed by atoms with Gasteiger partial charge in [0.15, 0.2) is 0 Å². The largest absolute Gasteiger partial charge is 0.395 e. The highest BCUT2D eigenvalue weighted by Crippen LogP contribution is 2.23. The lowest BCUT2D eigenvalue weighted by atomic mass is 10.1. The van der Waals surface area contributed by atoms with E-state index in [1.807, 2.05) is 36.2 Å². The van der Waals surface area contributed by atoms with Crippen molar-refractivity contribution in [1.29, 1.82) is 0 Å². The Balaban J connectivity index is 2.49. The summed E-state index contributed by atoms with van der Waals surface area (Å²) in [7, 11) is 1.93. The summed E-state index contributed by atoms with van der Waals surface area (Å²) >= 11 is 0. The van der Waals surface area contributed by atoms with Crippen LogP contribution in [0.5, 0.6) is 0 Å². The molecule has 0 aliphatic rings. The molecule has 106 valence electrons. The van der Waals surface area contributed by atoms with Crippen LogP contribution < -0.4 is 10.2 Å². The Hall–Kier alpha value is -1.91. The molecule has 4 heteroatoms. The summed E-state index contributed by atoms with van der Waals surface area (Å²) in [4.78, 5) is 6.72. The van der Waals surface area contributed by atoms with Crippen molar-refractivity contribution in [3.63, 3.8) is 0 Å². The molecular weight excluding hydrogens is 250 g/mol. The van der Waals surface area contributed by atoms with E-state index in [2.05, 4.69) is 24.0 Å². The summed E-state index contributed by atoms with van der Waals surface area (Å²) in [6.07, 6.45) is 1.82. The molecule has 0 spiro atoms. The molecule has 0 saturated heterocycles. The SMILES string of the molecule is C=CCN(CCO)c1cc(CNC)c2ccccc2n1. The fourth-order valence-corrected chi connectivity index (χ4v) is 2.31. The number of hydrogen-bond donors (Lipinski definition) is 2. The molecule has 0 radical (unpaired) electrons. The standard InChI is InChI=1S/C16H21N3O/c1-3-8-19(9-10-20)16-11-13(12-17-2)14-6-4-5-7-15(14)18-16/h3-7,11,17,20H,1,8-10,12H2,2H3. The number of rotatable bonds is 7. The summed E-state index contributed by atoms with van der Waals surface area (Å²) in [5.74, 6) is 0.878. The topological polar surface area (TPSA) is 48.4 Å². The summed E-state index contributed by atoms with van der Waals surface area (Å²) < 4.78 is 0. The van der Waals surface area contributed by atoms with E-state index < -0.39 is 0 Å². The van der Waals surface area contributed by atoms with Crippen LogP contribution in [0.2, 0.25) is 0 Å². The fraction of sp³-hybridized carbons (Fsp3) is 0.312. The van der Waals surface area contributed by atoms with Gasteiger partial charge in [-0.1, -0.05) is 24.3 Å². The van der Waals surface area contributed by atoms with E-state index in [0.717, 1.165) is 23.3 Å². The number of nitrogens with zero attached hydrogens (tertiary/aromatic N) is 2. The number of aromatic nitrogens is 1. The quantitative estimate of drug-likeness (QED) is 0.756. The second-order valence-corrected chi connectivity index (χ2v) is 4.65. The normalized spacial score (nSPS) is 10.7. The van der Waals surface area contributed by atoms with E-state index in [1.54, 1.807) is 0 Å². The fourth-order valence-electron chi connectivity index (χ4n) is 2.31. The second-order valence-electron chi connectivity index (χ2n) is 4.65. The van der Waals surface area contributed by atoms with Crippen molar-refractivity contribution in [1.82, 2.24) is 10.3 Å². The molecule has 1 heterocycles. The van der Waals surface area contributed by atoms with Crippen LogP contribution in [-0.4, -0.2) is 36.8 Å². The Morgan fingerprint density at radius 1 is 1.40 bits per heavy atom. The minimum Gasteiger partial charge on any atom is -0.395 e. The number of anilines is 1. The zero-order chi connectivity index (χ0) is 14.4. The number of hydrogen-bond acceptors (Lipinski definition) is 4. The molecule has 0 fully saturated rings. The molecular formula is C16H21N3O. The van der Waals surface area contributed by atoms with Crippen LogP contribution in [0.3, 0.4) is 0 Å². The molecule has 20 heavy (non-hydrogen) atoms. The minimum atomic E-state index is 0.101. The zero-order valence-corrected chi connectivity index (χ0v) is 11.8. The number of fused-ring (bicyclic) bond motifs is 1. The Morgan fingerprint density at radius 2 is 2.20 bits per heavy atom. The molecule has 0 saturated carbocycles. The zero-order valence-electron chi connectivity index (χ0n) is 11.8. The third-order valence-electron chi connectivity index (χ3n) is 3.20. The van der Waals surface area contributed by atoms with Crippen LogP contribution in [0.15, 0.2) is 43.0 Å². The molecule has 2 aromatic rings. The first-order valence-electron chi connectivity index (χ1n) is 6.80. The van der Waals surface area contributed by atoms with Gasteiger partial charge in [-0.25, -0.2) is 4.98 Å². The number of aliphatic hydroxyl groups excluding tert-OH is 1. The molecule has 0 bridgehead atoms. The van der Waals surface area contributed by atoms with Gasteiger partial charge in [-0.3, -0.25) is 0 Å². The second kappa shape index (κ2) is 7.03. The van der Waals surface area contributed by atoms with Crippen LogP contribution in [0.1, 0.15) is 5.56 Å². The lowest BCUT2D eigenvalue weighted by Gasteiger charge is -2.22. The van der Waals surface area contributed by atoms with Crippen molar-refractivity contribution in [3.05, 3.63) is 48.6 Å². The molecule has 2 N–H and O–H groups in total. The van der Waals surface area contributed by atoms with E-state index in [9.17, 15) is 5.11 Å². The number of benzene rings is 1. The minimum absolute atomic E-state index is 0.101. The number of aliphatic hydroxyl groups is 1. The Kier molecular flexibility index (Phi) is 5.09. The molecule has 0 aliphatic carbocycles. The van der Waals surface area contributed by atoms with Crippen LogP contribution >= 0.6 is 0 Å². The van der Waals surface area contributed by atoms with E-state index in [-0.39, 0.29) is 6.61 Å². The highest BCUT2D eigenvalue weighted by atomic mass is 16.3. The smallest absolute Gasteiger partial charge is 0.129 e. The number of para-hydroxylation sites is 1. The third kappa shape index (κ3) is 3.15. The number of pyridine rings is 1. The van der Waals surface area contributed by atoms with Crippen molar-refractivity contribution in [3.8, 4) is 0 Å². The maximum atomic E-state index is 9.19. The third-order valence-corrected chi connectivity index (χ3v) is 3.20. The van der Waals surface area contributed by atoms with E-state index in [1.165, 1.54) is 5.56 Å². The van der Waals surface area contributed by atoms with Gasteiger partial charge in [-0.05, 0) is 24.7 Å². The first-order valence-corrected chi connectivity index (χ1v) is 6.80. The molecule has 1 aromatic carbocycles. The van der Waals surface area contributed by atoms with E-state index in [4.69, 9.17) is 4.98 Å². The Labute approximate surface area is 119 Å². The van der Waals surface area contributed by atoms with Crippen molar-refractivity contribution >= 4 is 16.7 Å². The average Bonchev–Trinajstić information content (AvgIpc) is 2.47. The molecule has 1 aromatic heterocycles. The average molecular weight is 271 g/mol. The molecule has 0 atom stereocenters. The van der Waals surface area contributed by atoms with Gasteiger partial charge in [-0.15, -0.1) is 6.58 Å². The van der Waals surface area contributed by atoms with Crippen molar-refractivity contribution in [2.75, 3.05) is 31.6 Å². The van der Waals surface area contributed by atoms with E-state index in [0.29, 0.717) is 13.1 Å². The summed E-state index contributed by atoms with van der Waals surface area (Å²) in [5, 5.41) is 13.5. The van der Waals surface area contributed by atoms with Crippen molar-refractivity contribution in [2.45, 2.75) is 6.54 Å². The van der Waals surface area contributed by atoms with Crippen LogP contribution in [0.25, 0.3) is 10.9 Å². The molecule has 0 unspecified atom stereocenters. The Morgan fingerprint density at radius 3 is 2.90 bits per heavy atom. The number of nitrogens with one attached hydrogen (secondary N) is 1. The highest BCUT2D eigenvalue weighted by molar-refractivity contribution is 5.84. The first-order chi connectivity index (χ1) is 9.80. The molecule has 4 nitrogen and oxygen atoms in total. The van der Waals surface area contributed by atoms with Gasteiger partial charge < -0.3 is 15.3 Å². The van der Waals surface area contributed by atoms with Gasteiger partial charge in [0.05, 0.1) is 12.1 Å². The van der Waals surface area contributed by atoms with Gasteiger partial charge in [-0.2, -0.15) is 0 Å². The monoisotopic (exact) mass is 271 g/mol. The maximum absolute atomic E-state index is 9.19. The Bertz CT molecular complexity index is 583. The lowest BCUT2D eigenvalue weighted by molar-refractivity contribution is 0.302. The van der Waals surface area contributed by atoms with Gasteiger partial charge in [0, 0.05) is 25.0 Å². The van der Waals surface area contributed by atoms with Crippen LogP contribution in [0, 0.1) is 0 Å². The van der Waals surface area contributed by atoms with Crippen LogP contribution in [0.4, 0.5) is 5.82 Å². The van der Waals surface area contributed by atoms with Gasteiger partial charge >= 0.3 is 0 Å². The van der Waals surface area contributed by atoms with E-state index >= 15 is 0 Å². The molecule has 0 amide bonds. The maximum Gasteiger partial charge on any atom is 0.129 e. The first kappa shape index (κ1) is 14.5. The molecule has 2 rings (SSSR count). The molecule has 0 aliphatic heterocycles. The van der Waals surface area contributed by atoms with Gasteiger partial charge in [0.2, 0.25) is 0 Å². The lowest BCUT2D eigenvalue weighted by Crippen LogP contribution is -2.27. The summed E-state index contributed by atoms with van der Waals surface area (Å²) in [6, 6.07) is 10.2.